The first-order valence-corrected chi connectivity index (χ1v) is 11.0. The van der Waals surface area contributed by atoms with E-state index in [0.29, 0.717) is 15.0 Å². The fraction of sp³-hybridized carbons (Fsp3) is 0.250. The van der Waals surface area contributed by atoms with Crippen molar-refractivity contribution < 1.29 is 33.7 Å². The molecule has 0 bridgehead atoms. The Morgan fingerprint density at radius 1 is 1.31 bits per heavy atom. The van der Waals surface area contributed by atoms with Crippen LogP contribution in [0.5, 0.6) is 0 Å². The zero-order valence-corrected chi connectivity index (χ0v) is 18.9. The number of hydrogen-bond donors (Lipinski definition) is 3. The van der Waals surface area contributed by atoms with Crippen molar-refractivity contribution in [2.24, 2.45) is 10.9 Å². The largest absolute Gasteiger partial charge is 0.481 e. The lowest BCUT2D eigenvalue weighted by atomic mass is 9.91. The highest BCUT2D eigenvalue weighted by atomic mass is 79.9. The van der Waals surface area contributed by atoms with E-state index in [9.17, 15) is 29.0 Å². The Morgan fingerprint density at radius 3 is 2.59 bits per heavy atom. The lowest BCUT2D eigenvalue weighted by Crippen LogP contribution is -2.36. The van der Waals surface area contributed by atoms with Crippen molar-refractivity contribution in [3.63, 3.8) is 0 Å². The van der Waals surface area contributed by atoms with Gasteiger partial charge in [0.15, 0.2) is 16.8 Å². The number of esters is 1. The number of carboxylic acids is 2. The summed E-state index contributed by atoms with van der Waals surface area (Å²) < 4.78 is 19.2. The van der Waals surface area contributed by atoms with E-state index < -0.39 is 42.1 Å². The Hall–Kier alpha value is -3.12. The molecule has 0 fully saturated rings. The summed E-state index contributed by atoms with van der Waals surface area (Å²) in [5.74, 6) is -6.04. The highest BCUT2D eigenvalue weighted by Crippen LogP contribution is 2.38. The van der Waals surface area contributed by atoms with Crippen molar-refractivity contribution in [3.8, 4) is 0 Å². The van der Waals surface area contributed by atoms with Crippen LogP contribution in [-0.2, 0) is 19.1 Å². The highest BCUT2D eigenvalue weighted by molar-refractivity contribution is 9.10. The van der Waals surface area contributed by atoms with Crippen LogP contribution in [0.1, 0.15) is 30.0 Å². The number of benzene rings is 1. The maximum Gasteiger partial charge on any atom is 0.338 e. The molecular formula is C20H17BrFN3O6S. The molecule has 1 aromatic heterocycles. The topological polar surface area (TPSA) is 138 Å². The monoisotopic (exact) mass is 525 g/mol. The average Bonchev–Trinajstić information content (AvgIpc) is 3.26. The Kier molecular flexibility index (Phi) is 7.36. The third-order valence-corrected chi connectivity index (χ3v) is 5.98. The number of aliphatic imine (C=N–C) groups is 1. The number of thiazole rings is 1. The number of carbonyl (C=O) groups excluding carboxylic acids is 1. The first kappa shape index (κ1) is 23.5. The fourth-order valence-corrected chi connectivity index (χ4v) is 4.24. The lowest BCUT2D eigenvalue weighted by molar-refractivity contribution is -0.154. The van der Waals surface area contributed by atoms with E-state index in [1.165, 1.54) is 35.7 Å². The maximum atomic E-state index is 13.7. The SMILES string of the molecule is CCOC(=O)C1=C(CC(C(=O)O)C(=O)O)NC(c2nccs2)=NC1c1ccc(F)cc1Br. The molecule has 9 nitrogen and oxygen atoms in total. The summed E-state index contributed by atoms with van der Waals surface area (Å²) in [5.41, 5.74) is 0.372. The van der Waals surface area contributed by atoms with Gasteiger partial charge in [-0.2, -0.15) is 0 Å². The molecule has 1 aliphatic rings. The standard InChI is InChI=1S/C20H17BrFN3O6S/c1-2-31-20(30)14-13(8-11(18(26)27)19(28)29)24-16(17-23-5-6-32-17)25-15(14)10-4-3-9(22)7-12(10)21/h3-7,11,15H,2,8H2,1H3,(H,24,25)(H,26,27)(H,28,29). The summed E-state index contributed by atoms with van der Waals surface area (Å²) in [5, 5.41) is 23.8. The van der Waals surface area contributed by atoms with E-state index >= 15 is 0 Å². The molecule has 1 atom stereocenters. The van der Waals surface area contributed by atoms with E-state index in [2.05, 4.69) is 31.2 Å². The van der Waals surface area contributed by atoms with Crippen LogP contribution in [0.4, 0.5) is 4.39 Å². The summed E-state index contributed by atoms with van der Waals surface area (Å²) in [6.07, 6.45) is 1.01. The third-order valence-electron chi connectivity index (χ3n) is 4.52. The van der Waals surface area contributed by atoms with Gasteiger partial charge in [0.1, 0.15) is 11.9 Å². The van der Waals surface area contributed by atoms with Crippen LogP contribution in [-0.4, -0.2) is 45.5 Å². The minimum Gasteiger partial charge on any atom is -0.481 e. The van der Waals surface area contributed by atoms with E-state index in [1.54, 1.807) is 12.3 Å². The number of aliphatic carboxylic acids is 2. The number of amidine groups is 1. The van der Waals surface area contributed by atoms with Gasteiger partial charge < -0.3 is 20.3 Å². The summed E-state index contributed by atoms with van der Waals surface area (Å²) in [6.45, 7) is 1.62. The van der Waals surface area contributed by atoms with Gasteiger partial charge in [0, 0.05) is 28.2 Å². The van der Waals surface area contributed by atoms with Crippen molar-refractivity contribution in [3.05, 3.63) is 61.9 Å². The molecule has 2 aromatic rings. The summed E-state index contributed by atoms with van der Waals surface area (Å²) >= 11 is 4.52. The number of nitrogens with zero attached hydrogens (tertiary/aromatic N) is 2. The van der Waals surface area contributed by atoms with Crippen molar-refractivity contribution in [1.29, 1.82) is 0 Å². The van der Waals surface area contributed by atoms with Gasteiger partial charge in [-0.25, -0.2) is 14.2 Å². The summed E-state index contributed by atoms with van der Waals surface area (Å²) in [6, 6.07) is 2.81. The molecule has 2 heterocycles. The molecule has 3 N–H and O–H groups in total. The Balaban J connectivity index is 2.21. The van der Waals surface area contributed by atoms with Crippen LogP contribution in [0.2, 0.25) is 0 Å². The molecule has 32 heavy (non-hydrogen) atoms. The molecule has 0 saturated heterocycles. The van der Waals surface area contributed by atoms with Gasteiger partial charge in [0.05, 0.1) is 12.2 Å². The molecule has 0 amide bonds. The highest BCUT2D eigenvalue weighted by Gasteiger charge is 2.37. The Morgan fingerprint density at radius 2 is 2.03 bits per heavy atom. The molecule has 1 aromatic carbocycles. The summed E-state index contributed by atoms with van der Waals surface area (Å²) in [7, 11) is 0. The van der Waals surface area contributed by atoms with Gasteiger partial charge in [-0.15, -0.1) is 11.3 Å². The minimum atomic E-state index is -1.82. The number of hydrogen-bond acceptors (Lipinski definition) is 8. The molecule has 168 valence electrons. The van der Waals surface area contributed by atoms with Crippen LogP contribution < -0.4 is 5.32 Å². The fourth-order valence-electron chi connectivity index (χ4n) is 3.09. The number of halogens is 2. The van der Waals surface area contributed by atoms with Crippen LogP contribution in [0.25, 0.3) is 0 Å². The second-order valence-corrected chi connectivity index (χ2v) is 8.30. The normalized spacial score (nSPS) is 15.9. The number of allylic oxidation sites excluding steroid dienone is 1. The van der Waals surface area contributed by atoms with Crippen molar-refractivity contribution in [1.82, 2.24) is 10.3 Å². The number of aromatic nitrogens is 1. The molecule has 1 unspecified atom stereocenters. The number of carboxylic acid groups (broad SMARTS) is 2. The van der Waals surface area contributed by atoms with Crippen LogP contribution in [0.3, 0.4) is 0 Å². The van der Waals surface area contributed by atoms with E-state index in [1.807, 2.05) is 0 Å². The number of ether oxygens (including phenoxy) is 1. The van der Waals surface area contributed by atoms with Gasteiger partial charge >= 0.3 is 17.9 Å². The zero-order valence-electron chi connectivity index (χ0n) is 16.5. The van der Waals surface area contributed by atoms with Crippen LogP contribution in [0, 0.1) is 11.7 Å². The predicted molar refractivity (Wildman–Crippen MR) is 116 cm³/mol. The molecule has 1 aliphatic heterocycles. The van der Waals surface area contributed by atoms with Gasteiger partial charge in [0.25, 0.3) is 0 Å². The van der Waals surface area contributed by atoms with Crippen molar-refractivity contribution >= 4 is 51.0 Å². The maximum absolute atomic E-state index is 13.7. The predicted octanol–water partition coefficient (Wildman–Crippen LogP) is 3.13. The van der Waals surface area contributed by atoms with Crippen LogP contribution in [0.15, 0.2) is 50.5 Å². The number of rotatable bonds is 8. The molecule has 12 heteroatoms. The molecule has 0 spiro atoms. The smallest absolute Gasteiger partial charge is 0.338 e. The van der Waals surface area contributed by atoms with Crippen molar-refractivity contribution in [2.45, 2.75) is 19.4 Å². The van der Waals surface area contributed by atoms with Gasteiger partial charge in [-0.1, -0.05) is 22.0 Å². The molecule has 0 aliphatic carbocycles. The lowest BCUT2D eigenvalue weighted by Gasteiger charge is -2.28. The van der Waals surface area contributed by atoms with Crippen molar-refractivity contribution in [2.75, 3.05) is 6.61 Å². The van der Waals surface area contributed by atoms with Crippen LogP contribution >= 0.6 is 27.3 Å². The quantitative estimate of drug-likeness (QED) is 0.353. The first-order chi connectivity index (χ1) is 15.2. The second-order valence-electron chi connectivity index (χ2n) is 6.55. The first-order valence-electron chi connectivity index (χ1n) is 9.28. The van der Waals surface area contributed by atoms with Gasteiger partial charge in [-0.3, -0.25) is 14.6 Å². The Labute approximate surface area is 193 Å². The molecule has 0 saturated carbocycles. The third kappa shape index (κ3) is 5.02. The average molecular weight is 526 g/mol. The molecule has 3 rings (SSSR count). The summed E-state index contributed by atoms with van der Waals surface area (Å²) in [4.78, 5) is 44.7. The second kappa shape index (κ2) is 10.0. The van der Waals surface area contributed by atoms with E-state index in [-0.39, 0.29) is 23.7 Å². The van der Waals surface area contributed by atoms with E-state index in [0.717, 1.165) is 0 Å². The number of nitrogens with one attached hydrogen (secondary N) is 1. The minimum absolute atomic E-state index is 0.0251. The Bertz CT molecular complexity index is 1100. The van der Waals surface area contributed by atoms with E-state index in [4.69, 9.17) is 4.74 Å². The number of carbonyl (C=O) groups is 3. The zero-order chi connectivity index (χ0) is 23.4. The van der Waals surface area contributed by atoms with Gasteiger partial charge in [0.2, 0.25) is 0 Å². The molecular weight excluding hydrogens is 509 g/mol. The van der Waals surface area contributed by atoms with Gasteiger partial charge in [-0.05, 0) is 24.6 Å². The molecule has 0 radical (unpaired) electrons.